The number of ether oxygens (including phenoxy) is 2. The van der Waals surface area contributed by atoms with Gasteiger partial charge in [0.2, 0.25) is 11.9 Å². The number of amides is 1. The van der Waals surface area contributed by atoms with Crippen molar-refractivity contribution in [3.05, 3.63) is 48.0 Å². The van der Waals surface area contributed by atoms with Gasteiger partial charge in [-0.1, -0.05) is 43.2 Å². The van der Waals surface area contributed by atoms with Crippen molar-refractivity contribution in [1.82, 2.24) is 14.9 Å². The smallest absolute Gasteiger partial charge is 0.230 e. The number of piperazine rings is 1. The zero-order valence-electron chi connectivity index (χ0n) is 20.4. The van der Waals surface area contributed by atoms with E-state index >= 15 is 0 Å². The molecular formula is C27H33N5O3. The molecular weight excluding hydrogens is 442 g/mol. The van der Waals surface area contributed by atoms with Crippen LogP contribution in [0.2, 0.25) is 0 Å². The molecule has 8 nitrogen and oxygen atoms in total. The molecule has 1 aliphatic heterocycles. The van der Waals surface area contributed by atoms with E-state index in [1.54, 1.807) is 20.3 Å². The highest BCUT2D eigenvalue weighted by Gasteiger charge is 2.36. The molecule has 1 aliphatic carbocycles. The van der Waals surface area contributed by atoms with Crippen molar-refractivity contribution < 1.29 is 14.3 Å². The predicted molar refractivity (Wildman–Crippen MR) is 137 cm³/mol. The van der Waals surface area contributed by atoms with Gasteiger partial charge in [-0.2, -0.15) is 4.98 Å². The van der Waals surface area contributed by atoms with Crippen LogP contribution in [0.5, 0.6) is 11.5 Å². The molecule has 0 spiro atoms. The number of anilines is 2. The van der Waals surface area contributed by atoms with Crippen LogP contribution in [0.3, 0.4) is 0 Å². The van der Waals surface area contributed by atoms with Crippen molar-refractivity contribution in [1.29, 1.82) is 0 Å². The molecule has 0 radical (unpaired) electrons. The molecule has 5 rings (SSSR count). The summed E-state index contributed by atoms with van der Waals surface area (Å²) in [6, 6.07) is 13.9. The van der Waals surface area contributed by atoms with Crippen LogP contribution in [0.4, 0.5) is 11.8 Å². The number of nitrogens with two attached hydrogens (primary N) is 1. The highest BCUT2D eigenvalue weighted by atomic mass is 16.5. The summed E-state index contributed by atoms with van der Waals surface area (Å²) >= 11 is 0. The lowest BCUT2D eigenvalue weighted by Crippen LogP contribution is -2.51. The molecule has 1 aromatic heterocycles. The Morgan fingerprint density at radius 2 is 1.63 bits per heavy atom. The first-order valence-corrected chi connectivity index (χ1v) is 12.4. The highest BCUT2D eigenvalue weighted by Crippen LogP contribution is 2.39. The average Bonchev–Trinajstić information content (AvgIpc) is 3.43. The number of hydrogen-bond acceptors (Lipinski definition) is 7. The fourth-order valence-corrected chi connectivity index (χ4v) is 5.50. The summed E-state index contributed by atoms with van der Waals surface area (Å²) in [6.07, 6.45) is 4.69. The van der Waals surface area contributed by atoms with Gasteiger partial charge in [0.25, 0.3) is 0 Å². The SMILES string of the molecule is COc1cc2nc(N3CCN(C(=O)C(c4ccccc4)C4CCCC4)CC3)nc(N)c2cc1OC. The first-order valence-electron chi connectivity index (χ1n) is 12.4. The quantitative estimate of drug-likeness (QED) is 0.579. The summed E-state index contributed by atoms with van der Waals surface area (Å²) in [5, 5.41) is 0.725. The summed E-state index contributed by atoms with van der Waals surface area (Å²) in [7, 11) is 3.19. The summed E-state index contributed by atoms with van der Waals surface area (Å²) < 4.78 is 10.8. The van der Waals surface area contributed by atoms with Gasteiger partial charge in [-0.25, -0.2) is 4.98 Å². The van der Waals surface area contributed by atoms with Gasteiger partial charge >= 0.3 is 0 Å². The lowest BCUT2D eigenvalue weighted by atomic mass is 9.83. The first-order chi connectivity index (χ1) is 17.1. The number of nitrogen functional groups attached to an aromatic ring is 1. The van der Waals surface area contributed by atoms with Gasteiger partial charge in [-0.3, -0.25) is 4.79 Å². The van der Waals surface area contributed by atoms with E-state index in [2.05, 4.69) is 22.0 Å². The van der Waals surface area contributed by atoms with Gasteiger partial charge in [0.05, 0.1) is 25.7 Å². The number of rotatable bonds is 6. The van der Waals surface area contributed by atoms with Crippen LogP contribution in [0.25, 0.3) is 10.9 Å². The molecule has 2 aliphatic rings. The molecule has 2 fully saturated rings. The molecule has 3 aromatic rings. The van der Waals surface area contributed by atoms with E-state index in [4.69, 9.17) is 20.2 Å². The maximum absolute atomic E-state index is 13.7. The fourth-order valence-electron chi connectivity index (χ4n) is 5.50. The third kappa shape index (κ3) is 4.57. The fraction of sp³-hybridized carbons (Fsp3) is 0.444. The van der Waals surface area contributed by atoms with E-state index in [9.17, 15) is 4.79 Å². The van der Waals surface area contributed by atoms with Crippen molar-refractivity contribution in [3.63, 3.8) is 0 Å². The van der Waals surface area contributed by atoms with E-state index in [0.29, 0.717) is 60.9 Å². The molecule has 1 unspecified atom stereocenters. The van der Waals surface area contributed by atoms with Crippen LogP contribution in [-0.4, -0.2) is 61.2 Å². The number of hydrogen-bond donors (Lipinski definition) is 1. The summed E-state index contributed by atoms with van der Waals surface area (Å²) in [5.41, 5.74) is 8.13. The van der Waals surface area contributed by atoms with Crippen LogP contribution < -0.4 is 20.1 Å². The second-order valence-electron chi connectivity index (χ2n) is 9.38. The Bertz CT molecular complexity index is 1190. The van der Waals surface area contributed by atoms with Crippen molar-refractivity contribution in [2.45, 2.75) is 31.6 Å². The van der Waals surface area contributed by atoms with Crippen LogP contribution in [-0.2, 0) is 4.79 Å². The molecule has 1 saturated heterocycles. The first kappa shape index (κ1) is 23.2. The number of aromatic nitrogens is 2. The van der Waals surface area contributed by atoms with E-state index in [1.807, 2.05) is 29.2 Å². The lowest BCUT2D eigenvalue weighted by molar-refractivity contribution is -0.134. The summed E-state index contributed by atoms with van der Waals surface area (Å²) in [5.74, 6) is 2.78. The second kappa shape index (κ2) is 9.98. The van der Waals surface area contributed by atoms with E-state index < -0.39 is 0 Å². The second-order valence-corrected chi connectivity index (χ2v) is 9.38. The van der Waals surface area contributed by atoms with E-state index in [1.165, 1.54) is 12.8 Å². The third-order valence-corrected chi connectivity index (χ3v) is 7.39. The summed E-state index contributed by atoms with van der Waals surface area (Å²) in [4.78, 5) is 27.2. The molecule has 1 amide bonds. The van der Waals surface area contributed by atoms with Gasteiger partial charge in [-0.15, -0.1) is 0 Å². The monoisotopic (exact) mass is 475 g/mol. The minimum atomic E-state index is -0.0553. The standard InChI is InChI=1S/C27H33N5O3/c1-34-22-16-20-21(17-23(22)35-2)29-27(30-25(20)28)32-14-12-31(13-15-32)26(33)24(19-10-6-7-11-19)18-8-4-3-5-9-18/h3-5,8-9,16-17,19,24H,6-7,10-15H2,1-2H3,(H2,28,29,30). The van der Waals surface area contributed by atoms with E-state index in [-0.39, 0.29) is 11.8 Å². The Kier molecular flexibility index (Phi) is 6.61. The molecule has 2 aromatic carbocycles. The molecule has 35 heavy (non-hydrogen) atoms. The van der Waals surface area contributed by atoms with Gasteiger partial charge in [0.15, 0.2) is 11.5 Å². The minimum absolute atomic E-state index is 0.0553. The van der Waals surface area contributed by atoms with Crippen molar-refractivity contribution in [2.24, 2.45) is 5.92 Å². The molecule has 184 valence electrons. The largest absolute Gasteiger partial charge is 0.493 e. The number of fused-ring (bicyclic) bond motifs is 1. The number of benzene rings is 2. The molecule has 1 saturated carbocycles. The molecule has 0 bridgehead atoms. The Morgan fingerprint density at radius 3 is 2.29 bits per heavy atom. The van der Waals surface area contributed by atoms with Gasteiger partial charge < -0.3 is 25.0 Å². The van der Waals surface area contributed by atoms with Crippen LogP contribution >= 0.6 is 0 Å². The number of methoxy groups -OCH3 is 2. The molecule has 2 heterocycles. The number of nitrogens with zero attached hydrogens (tertiary/aromatic N) is 4. The topological polar surface area (TPSA) is 93.8 Å². The lowest BCUT2D eigenvalue weighted by Gasteiger charge is -2.37. The Balaban J connectivity index is 1.33. The average molecular weight is 476 g/mol. The molecule has 8 heteroatoms. The normalized spacial score (nSPS) is 17.5. The minimum Gasteiger partial charge on any atom is -0.493 e. The molecule has 2 N–H and O–H groups in total. The van der Waals surface area contributed by atoms with Crippen LogP contribution in [0.1, 0.15) is 37.2 Å². The Morgan fingerprint density at radius 1 is 0.971 bits per heavy atom. The highest BCUT2D eigenvalue weighted by molar-refractivity contribution is 5.92. The predicted octanol–water partition coefficient (Wildman–Crippen LogP) is 3.85. The van der Waals surface area contributed by atoms with Crippen LogP contribution in [0, 0.1) is 5.92 Å². The Labute approximate surface area is 206 Å². The zero-order chi connectivity index (χ0) is 24.4. The zero-order valence-corrected chi connectivity index (χ0v) is 20.4. The van der Waals surface area contributed by atoms with Crippen LogP contribution in [0.15, 0.2) is 42.5 Å². The van der Waals surface area contributed by atoms with Crippen molar-refractivity contribution >= 4 is 28.6 Å². The number of carbonyl (C=O) groups is 1. The van der Waals surface area contributed by atoms with Gasteiger partial charge in [0.1, 0.15) is 5.82 Å². The Hall–Kier alpha value is -3.55. The van der Waals surface area contributed by atoms with Crippen molar-refractivity contribution in [3.8, 4) is 11.5 Å². The van der Waals surface area contributed by atoms with E-state index in [0.717, 1.165) is 23.8 Å². The molecule has 1 atom stereocenters. The van der Waals surface area contributed by atoms with Gasteiger partial charge in [-0.05, 0) is 30.4 Å². The van der Waals surface area contributed by atoms with Crippen molar-refractivity contribution in [2.75, 3.05) is 51.0 Å². The maximum Gasteiger partial charge on any atom is 0.230 e. The summed E-state index contributed by atoms with van der Waals surface area (Å²) in [6.45, 7) is 2.61. The number of carbonyl (C=O) groups excluding carboxylic acids is 1. The van der Waals surface area contributed by atoms with Gasteiger partial charge in [0, 0.05) is 37.6 Å². The third-order valence-electron chi connectivity index (χ3n) is 7.39. The maximum atomic E-state index is 13.7.